The van der Waals surface area contributed by atoms with Crippen LogP contribution in [0.3, 0.4) is 0 Å². The summed E-state index contributed by atoms with van der Waals surface area (Å²) in [6, 6.07) is 8.77. The maximum absolute atomic E-state index is 13.3. The van der Waals surface area contributed by atoms with Crippen LogP contribution in [-0.4, -0.2) is 18.5 Å². The van der Waals surface area contributed by atoms with Crippen molar-refractivity contribution in [1.29, 1.82) is 0 Å². The molecule has 0 aliphatic carbocycles. The summed E-state index contributed by atoms with van der Waals surface area (Å²) in [5.74, 6) is -0.501. The van der Waals surface area contributed by atoms with Gasteiger partial charge in [-0.2, -0.15) is 0 Å². The van der Waals surface area contributed by atoms with Crippen LogP contribution in [-0.2, 0) is 6.42 Å². The molecule has 2 aromatic heterocycles. The third-order valence-electron chi connectivity index (χ3n) is 3.84. The van der Waals surface area contributed by atoms with Crippen molar-refractivity contribution in [2.45, 2.75) is 20.3 Å². The molecule has 0 saturated carbocycles. The number of hydrogen-bond donors (Lipinski definition) is 0. The van der Waals surface area contributed by atoms with Crippen LogP contribution < -0.4 is 14.9 Å². The zero-order chi connectivity index (χ0) is 21.6. The van der Waals surface area contributed by atoms with E-state index in [0.29, 0.717) is 5.39 Å². The lowest BCUT2D eigenvalue weighted by Gasteiger charge is -2.18. The molecule has 0 bridgehead atoms. The molecule has 3 aromatic rings. The van der Waals surface area contributed by atoms with E-state index >= 15 is 0 Å². The Morgan fingerprint density at radius 2 is 1.96 bits per heavy atom. The molecule has 0 radical (unpaired) electrons. The standard InChI is InChI=1S/C19H21NO3/c1-12(2)11-15-17(21)18(22-3)16-14-8-6-5-7-13(14)9-10-20(16)19(15)23-4/h5-10,12H,11H2,1-4H3/i3D3,4D3. The molecule has 4 nitrogen and oxygen atoms in total. The lowest BCUT2D eigenvalue weighted by Crippen LogP contribution is -2.19. The fourth-order valence-electron chi connectivity index (χ4n) is 2.90. The highest BCUT2D eigenvalue weighted by Gasteiger charge is 2.21. The van der Waals surface area contributed by atoms with Gasteiger partial charge in [0.05, 0.1) is 27.9 Å². The van der Waals surface area contributed by atoms with Gasteiger partial charge in [0.1, 0.15) is 5.52 Å². The van der Waals surface area contributed by atoms with Crippen LogP contribution in [0, 0.1) is 5.92 Å². The maximum atomic E-state index is 13.3. The van der Waals surface area contributed by atoms with Gasteiger partial charge in [0.15, 0.2) is 5.75 Å². The first-order chi connectivity index (χ1) is 13.4. The number of pyridine rings is 2. The van der Waals surface area contributed by atoms with Gasteiger partial charge in [-0.25, -0.2) is 0 Å². The number of benzene rings is 1. The predicted molar refractivity (Wildman–Crippen MR) is 92.8 cm³/mol. The molecular weight excluding hydrogens is 290 g/mol. The Kier molecular flexibility index (Phi) is 2.49. The van der Waals surface area contributed by atoms with Crippen LogP contribution in [0.2, 0.25) is 0 Å². The number of hydrogen-bond acceptors (Lipinski definition) is 3. The van der Waals surface area contributed by atoms with E-state index in [1.165, 1.54) is 4.40 Å². The molecular formula is C19H21NO3. The maximum Gasteiger partial charge on any atom is 0.231 e. The SMILES string of the molecule is [2H]C([2H])([2H])Oc1c(=O)c(CC(C)C)c(OC([2H])([2H])[2H])n2ccc3ccccc3c12. The molecule has 0 aliphatic heterocycles. The molecule has 2 heterocycles. The van der Waals surface area contributed by atoms with E-state index in [2.05, 4.69) is 0 Å². The number of fused-ring (bicyclic) bond motifs is 3. The van der Waals surface area contributed by atoms with E-state index in [0.717, 1.165) is 5.39 Å². The van der Waals surface area contributed by atoms with Crippen molar-refractivity contribution in [3.05, 3.63) is 52.3 Å². The normalized spacial score (nSPS) is 16.3. The minimum Gasteiger partial charge on any atom is -0.491 e. The monoisotopic (exact) mass is 317 g/mol. The molecule has 0 atom stereocenters. The van der Waals surface area contributed by atoms with Gasteiger partial charge < -0.3 is 9.47 Å². The van der Waals surface area contributed by atoms with Crippen molar-refractivity contribution in [3.63, 3.8) is 0 Å². The Morgan fingerprint density at radius 1 is 1.17 bits per heavy atom. The van der Waals surface area contributed by atoms with Gasteiger partial charge in [-0.1, -0.05) is 38.1 Å². The third-order valence-corrected chi connectivity index (χ3v) is 3.84. The molecule has 0 saturated heterocycles. The van der Waals surface area contributed by atoms with Crippen molar-refractivity contribution in [1.82, 2.24) is 4.40 Å². The smallest absolute Gasteiger partial charge is 0.231 e. The van der Waals surface area contributed by atoms with Crippen LogP contribution in [0.25, 0.3) is 16.3 Å². The average Bonchev–Trinajstić information content (AvgIpc) is 2.58. The number of methoxy groups -OCH3 is 2. The van der Waals surface area contributed by atoms with E-state index in [4.69, 9.17) is 17.7 Å². The number of rotatable bonds is 4. The van der Waals surface area contributed by atoms with Gasteiger partial charge in [0.25, 0.3) is 0 Å². The minimum absolute atomic E-state index is 0.0132. The van der Waals surface area contributed by atoms with Crippen molar-refractivity contribution in [2.24, 2.45) is 5.92 Å². The van der Waals surface area contributed by atoms with Gasteiger partial charge in [-0.05, 0) is 23.8 Å². The second-order valence-corrected chi connectivity index (χ2v) is 5.87. The van der Waals surface area contributed by atoms with Crippen molar-refractivity contribution >= 4 is 16.3 Å². The summed E-state index contributed by atoms with van der Waals surface area (Å²) in [6.45, 7) is 3.72. The number of nitrogens with zero attached hydrogens (tertiary/aromatic N) is 1. The minimum atomic E-state index is -2.86. The molecule has 3 rings (SSSR count). The van der Waals surface area contributed by atoms with Crippen LogP contribution in [0.15, 0.2) is 41.3 Å². The topological polar surface area (TPSA) is 39.9 Å². The lowest BCUT2D eigenvalue weighted by atomic mass is 10.0. The van der Waals surface area contributed by atoms with Crippen LogP contribution in [0.1, 0.15) is 27.6 Å². The lowest BCUT2D eigenvalue weighted by molar-refractivity contribution is 0.374. The second-order valence-electron chi connectivity index (χ2n) is 5.87. The predicted octanol–water partition coefficient (Wildman–Crippen LogP) is 3.67. The summed E-state index contributed by atoms with van der Waals surface area (Å²) in [4.78, 5) is 13.3. The quantitative estimate of drug-likeness (QED) is 0.689. The van der Waals surface area contributed by atoms with Gasteiger partial charge in [0, 0.05) is 11.6 Å². The molecule has 0 amide bonds. The molecule has 23 heavy (non-hydrogen) atoms. The fraction of sp³-hybridized carbons (Fsp3) is 0.316. The zero-order valence-corrected chi connectivity index (χ0v) is 12.9. The molecule has 0 aliphatic rings. The van der Waals surface area contributed by atoms with Crippen molar-refractivity contribution < 1.29 is 17.7 Å². The summed E-state index contributed by atoms with van der Waals surface area (Å²) in [6.07, 6.45) is 1.74. The molecule has 0 spiro atoms. The molecule has 0 unspecified atom stereocenters. The molecule has 0 fully saturated rings. The Labute approximate surface area is 143 Å². The summed E-state index contributed by atoms with van der Waals surface area (Å²) in [5, 5.41) is 1.27. The van der Waals surface area contributed by atoms with E-state index in [-0.39, 0.29) is 35.0 Å². The molecule has 0 N–H and O–H groups in total. The van der Waals surface area contributed by atoms with E-state index in [1.54, 1.807) is 36.5 Å². The number of aromatic nitrogens is 1. The summed E-state index contributed by atoms with van der Waals surface area (Å²) in [5.41, 5.74) is -0.482. The summed E-state index contributed by atoms with van der Waals surface area (Å²) in [7, 11) is -5.65. The Balaban J connectivity index is 2.52. The first-order valence-corrected chi connectivity index (χ1v) is 7.34. The van der Waals surface area contributed by atoms with Crippen molar-refractivity contribution in [3.8, 4) is 11.6 Å². The highest BCUT2D eigenvalue weighted by Crippen LogP contribution is 2.31. The average molecular weight is 317 g/mol. The third kappa shape index (κ3) is 2.44. The van der Waals surface area contributed by atoms with E-state index < -0.39 is 19.5 Å². The fourth-order valence-corrected chi connectivity index (χ4v) is 2.90. The van der Waals surface area contributed by atoms with Gasteiger partial charge >= 0.3 is 0 Å². The first-order valence-electron chi connectivity index (χ1n) is 10.3. The Bertz CT molecular complexity index is 1120. The largest absolute Gasteiger partial charge is 0.491 e. The van der Waals surface area contributed by atoms with E-state index in [9.17, 15) is 4.79 Å². The Morgan fingerprint density at radius 3 is 2.70 bits per heavy atom. The number of ether oxygens (including phenoxy) is 2. The summed E-state index contributed by atoms with van der Waals surface area (Å²) >= 11 is 0. The molecule has 4 heteroatoms. The Hall–Kier alpha value is -2.49. The molecule has 120 valence electrons. The van der Waals surface area contributed by atoms with Crippen LogP contribution in [0.4, 0.5) is 0 Å². The first kappa shape index (κ1) is 9.60. The van der Waals surface area contributed by atoms with Gasteiger partial charge in [-0.15, -0.1) is 0 Å². The van der Waals surface area contributed by atoms with Crippen LogP contribution in [0.5, 0.6) is 11.6 Å². The highest BCUT2D eigenvalue weighted by molar-refractivity contribution is 5.99. The van der Waals surface area contributed by atoms with Crippen LogP contribution >= 0.6 is 0 Å². The van der Waals surface area contributed by atoms with Crippen molar-refractivity contribution in [2.75, 3.05) is 14.1 Å². The second kappa shape index (κ2) is 5.95. The zero-order valence-electron chi connectivity index (χ0n) is 18.9. The highest BCUT2D eigenvalue weighted by atomic mass is 16.5. The van der Waals surface area contributed by atoms with E-state index in [1.807, 2.05) is 13.8 Å². The van der Waals surface area contributed by atoms with Gasteiger partial charge in [-0.3, -0.25) is 9.20 Å². The molecule has 1 aromatic carbocycles. The van der Waals surface area contributed by atoms with Gasteiger partial charge in [0.2, 0.25) is 11.3 Å². The summed E-state index contributed by atoms with van der Waals surface area (Å²) < 4.78 is 56.8.